The molecule has 3 rings (SSSR count). The molecule has 0 amide bonds. The molecule has 1 saturated carbocycles. The van der Waals surface area contributed by atoms with Gasteiger partial charge in [-0.25, -0.2) is 13.1 Å². The zero-order chi connectivity index (χ0) is 14.2. The highest BCUT2D eigenvalue weighted by molar-refractivity contribution is 7.91. The van der Waals surface area contributed by atoms with Crippen molar-refractivity contribution < 1.29 is 8.42 Å². The van der Waals surface area contributed by atoms with Gasteiger partial charge in [-0.2, -0.15) is 0 Å². The number of nitrogens with one attached hydrogen (secondary N) is 1. The van der Waals surface area contributed by atoms with Crippen LogP contribution in [0.2, 0.25) is 0 Å². The number of sulfonamides is 1. The molecule has 0 spiro atoms. The van der Waals surface area contributed by atoms with Gasteiger partial charge in [0.25, 0.3) is 0 Å². The first kappa shape index (κ1) is 14.3. The summed E-state index contributed by atoms with van der Waals surface area (Å²) in [6.45, 7) is 2.54. The zero-order valence-corrected chi connectivity index (χ0v) is 13.7. The first-order valence-corrected chi connectivity index (χ1v) is 9.86. The van der Waals surface area contributed by atoms with Gasteiger partial charge in [-0.05, 0) is 42.8 Å². The predicted molar refractivity (Wildman–Crippen MR) is 84.1 cm³/mol. The van der Waals surface area contributed by atoms with E-state index in [4.69, 9.17) is 0 Å². The van der Waals surface area contributed by atoms with Crippen LogP contribution in [0, 0.1) is 0 Å². The average Bonchev–Trinajstić information content (AvgIpc) is 2.89. The Hall–Kier alpha value is -0.690. The highest BCUT2D eigenvalue weighted by Gasteiger charge is 2.45. The summed E-state index contributed by atoms with van der Waals surface area (Å²) in [4.78, 5) is 2.39. The molecular weight excluding hydrogens is 310 g/mol. The normalized spacial score (nSPS) is 17.2. The largest absolute Gasteiger partial charge is 0.250 e. The fraction of sp³-hybridized carbons (Fsp3) is 0.429. The van der Waals surface area contributed by atoms with Gasteiger partial charge in [-0.3, -0.25) is 0 Å². The van der Waals surface area contributed by atoms with Crippen LogP contribution in [0.5, 0.6) is 0 Å². The lowest BCUT2D eigenvalue weighted by Gasteiger charge is -2.14. The van der Waals surface area contributed by atoms with E-state index >= 15 is 0 Å². The second-order valence-corrected chi connectivity index (χ2v) is 9.27. The van der Waals surface area contributed by atoms with Crippen LogP contribution < -0.4 is 4.72 Å². The molecule has 2 heterocycles. The Morgan fingerprint density at radius 2 is 2.10 bits per heavy atom. The molecular formula is C14H17NO2S3. The van der Waals surface area contributed by atoms with Gasteiger partial charge in [0.05, 0.1) is 0 Å². The van der Waals surface area contributed by atoms with Crippen LogP contribution in [0.4, 0.5) is 0 Å². The van der Waals surface area contributed by atoms with Gasteiger partial charge in [0.1, 0.15) is 4.21 Å². The molecule has 0 atom stereocenters. The van der Waals surface area contributed by atoms with Gasteiger partial charge < -0.3 is 0 Å². The summed E-state index contributed by atoms with van der Waals surface area (Å²) >= 11 is 3.07. The van der Waals surface area contributed by atoms with E-state index in [0.29, 0.717) is 10.8 Å². The van der Waals surface area contributed by atoms with Gasteiger partial charge >= 0.3 is 0 Å². The highest BCUT2D eigenvalue weighted by atomic mass is 32.2. The quantitative estimate of drug-likeness (QED) is 0.884. The summed E-state index contributed by atoms with van der Waals surface area (Å²) in [7, 11) is -3.36. The minimum atomic E-state index is -3.36. The lowest BCUT2D eigenvalue weighted by atomic mass is 10.1. The van der Waals surface area contributed by atoms with Gasteiger partial charge in [0.15, 0.2) is 0 Å². The summed E-state index contributed by atoms with van der Waals surface area (Å²) in [5.74, 6) is 0. The maximum absolute atomic E-state index is 12.3. The second kappa shape index (κ2) is 5.26. The molecule has 20 heavy (non-hydrogen) atoms. The fourth-order valence-corrected chi connectivity index (χ4v) is 5.69. The van der Waals surface area contributed by atoms with E-state index in [9.17, 15) is 8.42 Å². The molecule has 2 aromatic rings. The van der Waals surface area contributed by atoms with E-state index in [1.165, 1.54) is 16.2 Å². The van der Waals surface area contributed by atoms with Gasteiger partial charge in [0.2, 0.25) is 10.0 Å². The minimum absolute atomic E-state index is 0.0477. The predicted octanol–water partition coefficient (Wildman–Crippen LogP) is 3.38. The van der Waals surface area contributed by atoms with Crippen molar-refractivity contribution in [1.29, 1.82) is 0 Å². The van der Waals surface area contributed by atoms with Gasteiger partial charge in [-0.1, -0.05) is 13.0 Å². The fourth-order valence-electron chi connectivity index (χ4n) is 2.24. The standard InChI is InChI=1S/C14H17NO2S3/c1-2-11-5-6-13(19-11)20(16,17)15-10-14(7-8-14)12-4-3-9-18-12/h3-6,9,15H,2,7-8,10H2,1H3. The molecule has 3 nitrogen and oxygen atoms in total. The number of aryl methyl sites for hydroxylation is 1. The maximum atomic E-state index is 12.3. The third kappa shape index (κ3) is 2.70. The van der Waals surface area contributed by atoms with Crippen molar-refractivity contribution >= 4 is 32.7 Å². The van der Waals surface area contributed by atoms with Crippen molar-refractivity contribution in [3.63, 3.8) is 0 Å². The second-order valence-electron chi connectivity index (χ2n) is 5.16. The molecule has 0 unspecified atom stereocenters. The van der Waals surface area contributed by atoms with Gasteiger partial charge in [0, 0.05) is 21.7 Å². The van der Waals surface area contributed by atoms with E-state index < -0.39 is 10.0 Å². The minimum Gasteiger partial charge on any atom is -0.210 e. The number of hydrogen-bond acceptors (Lipinski definition) is 4. The van der Waals surface area contributed by atoms with E-state index in [1.54, 1.807) is 17.4 Å². The van der Waals surface area contributed by atoms with Crippen molar-refractivity contribution in [2.45, 2.75) is 35.8 Å². The van der Waals surface area contributed by atoms with Crippen LogP contribution in [0.3, 0.4) is 0 Å². The van der Waals surface area contributed by atoms with Crippen molar-refractivity contribution in [2.75, 3.05) is 6.54 Å². The van der Waals surface area contributed by atoms with Crippen LogP contribution in [-0.4, -0.2) is 15.0 Å². The smallest absolute Gasteiger partial charge is 0.210 e. The summed E-state index contributed by atoms with van der Waals surface area (Å²) in [6.07, 6.45) is 3.01. The molecule has 0 aliphatic heterocycles. The van der Waals surface area contributed by atoms with E-state index in [1.807, 2.05) is 19.1 Å². The number of rotatable bonds is 6. The summed E-state index contributed by atoms with van der Waals surface area (Å²) in [5.41, 5.74) is 0.0477. The van der Waals surface area contributed by atoms with Crippen LogP contribution in [0.15, 0.2) is 33.9 Å². The topological polar surface area (TPSA) is 46.2 Å². The zero-order valence-electron chi connectivity index (χ0n) is 11.3. The summed E-state index contributed by atoms with van der Waals surface area (Å²) in [5, 5.41) is 2.05. The SMILES string of the molecule is CCc1ccc(S(=O)(=O)NCC2(c3cccs3)CC2)s1. The lowest BCUT2D eigenvalue weighted by Crippen LogP contribution is -2.31. The summed E-state index contributed by atoms with van der Waals surface area (Å²) in [6, 6.07) is 7.73. The molecule has 0 bridgehead atoms. The summed E-state index contributed by atoms with van der Waals surface area (Å²) < 4.78 is 27.8. The maximum Gasteiger partial charge on any atom is 0.250 e. The third-order valence-electron chi connectivity index (χ3n) is 3.75. The Morgan fingerprint density at radius 1 is 1.30 bits per heavy atom. The Bertz CT molecular complexity index is 682. The Kier molecular flexibility index (Phi) is 3.75. The monoisotopic (exact) mass is 327 g/mol. The van der Waals surface area contributed by atoms with Crippen molar-refractivity contribution in [1.82, 2.24) is 4.72 Å². The highest BCUT2D eigenvalue weighted by Crippen LogP contribution is 2.49. The first-order valence-electron chi connectivity index (χ1n) is 6.68. The molecule has 2 aromatic heterocycles. The van der Waals surface area contributed by atoms with Crippen LogP contribution in [-0.2, 0) is 21.9 Å². The van der Waals surface area contributed by atoms with Gasteiger partial charge in [-0.15, -0.1) is 22.7 Å². The molecule has 0 aromatic carbocycles. The Labute approximate surface area is 127 Å². The first-order chi connectivity index (χ1) is 9.56. The molecule has 108 valence electrons. The van der Waals surface area contributed by atoms with Crippen molar-refractivity contribution in [3.8, 4) is 0 Å². The average molecular weight is 327 g/mol. The molecule has 0 radical (unpaired) electrons. The number of thiophene rings is 2. The van der Waals surface area contributed by atoms with Crippen LogP contribution in [0.25, 0.3) is 0 Å². The molecule has 1 fully saturated rings. The van der Waals surface area contributed by atoms with Crippen LogP contribution in [0.1, 0.15) is 29.5 Å². The van der Waals surface area contributed by atoms with Crippen molar-refractivity contribution in [2.24, 2.45) is 0 Å². The third-order valence-corrected chi connectivity index (χ3v) is 7.99. The Balaban J connectivity index is 1.72. The molecule has 0 saturated heterocycles. The van der Waals surface area contributed by atoms with E-state index in [0.717, 1.165) is 24.1 Å². The molecule has 6 heteroatoms. The molecule has 1 aliphatic rings. The van der Waals surface area contributed by atoms with Crippen LogP contribution >= 0.6 is 22.7 Å². The van der Waals surface area contributed by atoms with E-state index in [-0.39, 0.29) is 5.41 Å². The molecule has 1 N–H and O–H groups in total. The van der Waals surface area contributed by atoms with Crippen molar-refractivity contribution in [3.05, 3.63) is 39.4 Å². The Morgan fingerprint density at radius 3 is 2.65 bits per heavy atom. The molecule has 1 aliphatic carbocycles. The number of hydrogen-bond donors (Lipinski definition) is 1. The van der Waals surface area contributed by atoms with E-state index in [2.05, 4.69) is 16.2 Å². The lowest BCUT2D eigenvalue weighted by molar-refractivity contribution is 0.570.